The molecule has 0 bridgehead atoms. The van der Waals surface area contributed by atoms with Crippen LogP contribution in [-0.4, -0.2) is 55.2 Å². The van der Waals surface area contributed by atoms with Crippen molar-refractivity contribution in [3.63, 3.8) is 0 Å². The lowest BCUT2D eigenvalue weighted by Gasteiger charge is -2.35. The SMILES string of the molecule is CCCS(=O)(=O)N1Cc2cc(C#N)ccc2N(C(Cc2ncc[nH]2)S(=O)O)C[C@H]1Cc1ccccc1. The lowest BCUT2D eigenvalue weighted by atomic mass is 10.1. The Morgan fingerprint density at radius 1 is 1.28 bits per heavy atom. The van der Waals surface area contributed by atoms with Crippen molar-refractivity contribution in [2.24, 2.45) is 0 Å². The van der Waals surface area contributed by atoms with Crippen LogP contribution < -0.4 is 4.90 Å². The first kappa shape index (κ1) is 26.0. The Kier molecular flexibility index (Phi) is 8.21. The van der Waals surface area contributed by atoms with Gasteiger partial charge in [-0.05, 0) is 42.2 Å². The fraction of sp³-hybridized carbons (Fsp3) is 0.360. The number of nitriles is 1. The van der Waals surface area contributed by atoms with Crippen molar-refractivity contribution in [3.8, 4) is 6.07 Å². The van der Waals surface area contributed by atoms with E-state index in [-0.39, 0.29) is 25.3 Å². The molecule has 9 nitrogen and oxygen atoms in total. The second kappa shape index (κ2) is 11.3. The smallest absolute Gasteiger partial charge is 0.214 e. The predicted octanol–water partition coefficient (Wildman–Crippen LogP) is 3.04. The maximum absolute atomic E-state index is 13.5. The van der Waals surface area contributed by atoms with E-state index < -0.39 is 32.5 Å². The first-order chi connectivity index (χ1) is 17.3. The molecule has 2 unspecified atom stereocenters. The maximum Gasteiger partial charge on any atom is 0.214 e. The van der Waals surface area contributed by atoms with Crippen molar-refractivity contribution >= 4 is 26.8 Å². The van der Waals surface area contributed by atoms with Gasteiger partial charge >= 0.3 is 0 Å². The summed E-state index contributed by atoms with van der Waals surface area (Å²) in [7, 11) is -3.64. The molecule has 0 amide bonds. The van der Waals surface area contributed by atoms with Gasteiger partial charge in [0.05, 0.1) is 17.4 Å². The third-order valence-electron chi connectivity index (χ3n) is 6.30. The highest BCUT2D eigenvalue weighted by atomic mass is 32.2. The average molecular weight is 528 g/mol. The molecule has 0 aliphatic carbocycles. The number of H-pyrrole nitrogens is 1. The summed E-state index contributed by atoms with van der Waals surface area (Å²) in [5, 5.41) is 8.62. The van der Waals surface area contributed by atoms with Crippen molar-refractivity contribution in [1.82, 2.24) is 14.3 Å². The number of benzene rings is 2. The molecule has 3 aromatic rings. The fourth-order valence-corrected chi connectivity index (χ4v) is 7.07. The molecule has 0 saturated carbocycles. The van der Waals surface area contributed by atoms with Gasteiger partial charge in [-0.1, -0.05) is 37.3 Å². The number of fused-ring (bicyclic) bond motifs is 1. The number of hydrogen-bond donors (Lipinski definition) is 2. The molecule has 0 fully saturated rings. The van der Waals surface area contributed by atoms with Crippen LogP contribution >= 0.6 is 0 Å². The molecule has 190 valence electrons. The number of aromatic amines is 1. The highest BCUT2D eigenvalue weighted by Crippen LogP contribution is 2.33. The molecule has 0 spiro atoms. The van der Waals surface area contributed by atoms with Gasteiger partial charge in [-0.15, -0.1) is 0 Å². The monoisotopic (exact) mass is 527 g/mol. The van der Waals surface area contributed by atoms with Crippen molar-refractivity contribution in [1.29, 1.82) is 5.26 Å². The van der Waals surface area contributed by atoms with Gasteiger partial charge in [0.25, 0.3) is 0 Å². The van der Waals surface area contributed by atoms with Crippen LogP contribution in [-0.2, 0) is 40.5 Å². The van der Waals surface area contributed by atoms with Gasteiger partial charge in [0.1, 0.15) is 11.2 Å². The Morgan fingerprint density at radius 2 is 2.06 bits per heavy atom. The topological polar surface area (TPSA) is 130 Å². The zero-order valence-corrected chi connectivity index (χ0v) is 21.6. The Morgan fingerprint density at radius 3 is 2.69 bits per heavy atom. The Balaban J connectivity index is 1.84. The van der Waals surface area contributed by atoms with E-state index in [1.165, 1.54) is 4.31 Å². The van der Waals surface area contributed by atoms with E-state index in [0.717, 1.165) is 5.56 Å². The van der Waals surface area contributed by atoms with E-state index >= 15 is 0 Å². The van der Waals surface area contributed by atoms with Gasteiger partial charge in [0.2, 0.25) is 10.0 Å². The second-order valence-corrected chi connectivity index (χ2v) is 11.9. The zero-order valence-electron chi connectivity index (χ0n) is 19.9. The molecular formula is C25H29N5O4S2. The van der Waals surface area contributed by atoms with E-state index in [9.17, 15) is 22.4 Å². The second-order valence-electron chi connectivity index (χ2n) is 8.78. The summed E-state index contributed by atoms with van der Waals surface area (Å²) in [4.78, 5) is 9.03. The number of aromatic nitrogens is 2. The van der Waals surface area contributed by atoms with Crippen molar-refractivity contribution < 1.29 is 17.2 Å². The third kappa shape index (κ3) is 5.84. The van der Waals surface area contributed by atoms with E-state index in [0.29, 0.717) is 35.5 Å². The molecule has 0 saturated heterocycles. The number of rotatable bonds is 9. The summed E-state index contributed by atoms with van der Waals surface area (Å²) in [5.74, 6) is 0.546. The van der Waals surface area contributed by atoms with E-state index in [1.54, 1.807) is 30.6 Å². The first-order valence-electron chi connectivity index (χ1n) is 11.7. The molecular weight excluding hydrogens is 498 g/mol. The lowest BCUT2D eigenvalue weighted by molar-refractivity contribution is 0.316. The predicted molar refractivity (Wildman–Crippen MR) is 139 cm³/mol. The fourth-order valence-electron chi connectivity index (χ4n) is 4.67. The highest BCUT2D eigenvalue weighted by Gasteiger charge is 2.38. The largest absolute Gasteiger partial charge is 0.353 e. The summed E-state index contributed by atoms with van der Waals surface area (Å²) < 4.78 is 51.5. The average Bonchev–Trinajstić information content (AvgIpc) is 3.32. The van der Waals surface area contributed by atoms with Crippen molar-refractivity contribution in [2.45, 2.75) is 44.1 Å². The number of sulfonamides is 1. The van der Waals surface area contributed by atoms with Crippen LogP contribution in [0.25, 0.3) is 0 Å². The summed E-state index contributed by atoms with van der Waals surface area (Å²) >= 11 is -2.27. The van der Waals surface area contributed by atoms with Crippen LogP contribution in [0, 0.1) is 11.3 Å². The van der Waals surface area contributed by atoms with Gasteiger partial charge in [-0.3, -0.25) is 0 Å². The number of hydrogen-bond acceptors (Lipinski definition) is 6. The molecule has 1 aromatic heterocycles. The van der Waals surface area contributed by atoms with Crippen LogP contribution in [0.4, 0.5) is 5.69 Å². The molecule has 0 radical (unpaired) electrons. The highest BCUT2D eigenvalue weighted by molar-refractivity contribution is 7.89. The lowest BCUT2D eigenvalue weighted by Crippen LogP contribution is -2.50. The van der Waals surface area contributed by atoms with E-state index in [2.05, 4.69) is 16.0 Å². The maximum atomic E-state index is 13.5. The molecule has 11 heteroatoms. The van der Waals surface area contributed by atoms with Crippen molar-refractivity contribution in [2.75, 3.05) is 17.2 Å². The number of nitrogens with one attached hydrogen (secondary N) is 1. The van der Waals surface area contributed by atoms with Crippen LogP contribution in [0.2, 0.25) is 0 Å². The zero-order chi connectivity index (χ0) is 25.7. The van der Waals surface area contributed by atoms with Crippen LogP contribution in [0.3, 0.4) is 0 Å². The Bertz CT molecular complexity index is 1340. The van der Waals surface area contributed by atoms with Gasteiger partial charge in [0, 0.05) is 43.6 Å². The minimum atomic E-state index is -3.64. The summed E-state index contributed by atoms with van der Waals surface area (Å²) in [5.41, 5.74) is 2.63. The molecule has 1 aliphatic rings. The summed E-state index contributed by atoms with van der Waals surface area (Å²) in [6.45, 7) is 2.10. The van der Waals surface area contributed by atoms with Crippen molar-refractivity contribution in [3.05, 3.63) is 83.4 Å². The Labute approximate surface area is 214 Å². The summed E-state index contributed by atoms with van der Waals surface area (Å²) in [6.07, 6.45) is 4.30. The third-order valence-corrected chi connectivity index (χ3v) is 9.25. The van der Waals surface area contributed by atoms with Crippen LogP contribution in [0.5, 0.6) is 0 Å². The number of anilines is 1. The standard InChI is InChI=1S/C25H29N5O4S2/c1-2-12-36(33,34)30-17-21-13-20(16-26)8-9-23(21)29(18-22(30)14-19-6-4-3-5-7-19)25(35(31)32)15-24-27-10-11-28-24/h3-11,13,22,25H,2,12,14-15,17-18H2,1H3,(H,27,28)(H,31,32)/t22-,25?/m1/s1. The summed E-state index contributed by atoms with van der Waals surface area (Å²) in [6, 6.07) is 16.3. The van der Waals surface area contributed by atoms with Gasteiger partial charge in [0.15, 0.2) is 11.1 Å². The van der Waals surface area contributed by atoms with Gasteiger partial charge in [-0.2, -0.15) is 9.57 Å². The quantitative estimate of drug-likeness (QED) is 0.409. The van der Waals surface area contributed by atoms with E-state index in [4.69, 9.17) is 0 Å². The van der Waals surface area contributed by atoms with Gasteiger partial charge in [-0.25, -0.2) is 17.6 Å². The molecule has 36 heavy (non-hydrogen) atoms. The molecule has 2 N–H and O–H groups in total. The minimum Gasteiger partial charge on any atom is -0.353 e. The normalized spacial score (nSPS) is 18.1. The van der Waals surface area contributed by atoms with Gasteiger partial charge < -0.3 is 14.4 Å². The number of nitrogens with zero attached hydrogens (tertiary/aromatic N) is 4. The molecule has 4 rings (SSSR count). The molecule has 1 aliphatic heterocycles. The van der Waals surface area contributed by atoms with Crippen LogP contribution in [0.15, 0.2) is 60.9 Å². The molecule has 2 heterocycles. The molecule has 2 aromatic carbocycles. The van der Waals surface area contributed by atoms with Crippen LogP contribution in [0.1, 0.15) is 35.9 Å². The molecule has 3 atom stereocenters. The first-order valence-corrected chi connectivity index (χ1v) is 14.5. The Hall–Kier alpha value is -3.04. The number of imidazole rings is 1. The minimum absolute atomic E-state index is 0.00663. The van der Waals surface area contributed by atoms with E-state index in [1.807, 2.05) is 42.2 Å².